The van der Waals surface area contributed by atoms with Crippen LogP contribution in [0.5, 0.6) is 0 Å². The Labute approximate surface area is 106 Å². The van der Waals surface area contributed by atoms with Crippen LogP contribution in [-0.4, -0.2) is 29.4 Å². The average Bonchev–Trinajstić information content (AvgIpc) is 1.74. The summed E-state index contributed by atoms with van der Waals surface area (Å²) in [6.07, 6.45) is 0. The second-order valence-electron chi connectivity index (χ2n) is 2.37. The van der Waals surface area contributed by atoms with E-state index in [4.69, 9.17) is 0 Å². The quantitative estimate of drug-likeness (QED) is 0.345. The van der Waals surface area contributed by atoms with Crippen LogP contribution in [0.3, 0.4) is 0 Å². The molecule has 0 amide bonds. The Morgan fingerprint density at radius 1 is 0.750 bits per heavy atom. The third-order valence-corrected chi connectivity index (χ3v) is 4.42. The average molecular weight is 509 g/mol. The molecule has 94 valence electrons. The summed E-state index contributed by atoms with van der Waals surface area (Å²) >= 11 is -6.04. The zero-order chi connectivity index (χ0) is 13.8. The molecule has 0 aliphatic heterocycles. The maximum atomic E-state index is 11.3. The summed E-state index contributed by atoms with van der Waals surface area (Å²) in [4.78, 5) is 0. The molecule has 0 aliphatic rings. The van der Waals surface area contributed by atoms with Gasteiger partial charge in [0.05, 0.1) is 0 Å². The van der Waals surface area contributed by atoms with Gasteiger partial charge in [0, 0.05) is 0 Å². The van der Waals surface area contributed by atoms with Crippen LogP contribution in [0.2, 0.25) is 3.93 Å². The van der Waals surface area contributed by atoms with Crippen molar-refractivity contribution in [2.75, 3.05) is 0 Å². The van der Waals surface area contributed by atoms with Crippen LogP contribution in [0.1, 0.15) is 6.92 Å². The third-order valence-electron chi connectivity index (χ3n) is 0.850. The van der Waals surface area contributed by atoms with E-state index in [1.54, 1.807) is 0 Å². The molecule has 0 heterocycles. The van der Waals surface area contributed by atoms with Crippen LogP contribution in [0.15, 0.2) is 0 Å². The first kappa shape index (κ1) is 19.2. The summed E-state index contributed by atoms with van der Waals surface area (Å²) in [6, 6.07) is 0. The Kier molecular flexibility index (Phi) is 8.03. The standard InChI is InChI=1S/C3F9Ge.C2H5.Hg/c4-1(5,6)13(2(7,8)9)3(10,11)12;1-2;/h;1H2,2H3;. The zero-order valence-corrected chi connectivity index (χ0v) is 15.4. The monoisotopic (exact) mass is 512 g/mol. The van der Waals surface area contributed by atoms with Gasteiger partial charge in [-0.1, -0.05) is 0 Å². The Hall–Kier alpha value is 0.848. The molecule has 0 atom stereocenters. The minimum atomic E-state index is -7.10. The number of hydrogen-bond donors (Lipinski definition) is 0. The summed E-state index contributed by atoms with van der Waals surface area (Å²) in [5, 5.41) is -18.6. The summed E-state index contributed by atoms with van der Waals surface area (Å²) in [7, 11) is 0. The predicted molar refractivity (Wildman–Crippen MR) is 34.4 cm³/mol. The van der Waals surface area contributed by atoms with Crippen LogP contribution in [-0.2, 0) is 26.1 Å². The summed E-state index contributed by atoms with van der Waals surface area (Å²) in [5.74, 6) is 0. The first-order valence-corrected chi connectivity index (χ1v) is 10.7. The summed E-state index contributed by atoms with van der Waals surface area (Å²) in [5.41, 5.74) is 0. The molecule has 0 aliphatic carbocycles. The van der Waals surface area contributed by atoms with Crippen molar-refractivity contribution in [3.63, 3.8) is 0 Å². The van der Waals surface area contributed by atoms with E-state index in [0.29, 0.717) is 0 Å². The molecule has 0 saturated heterocycles. The molecule has 0 fully saturated rings. The fourth-order valence-corrected chi connectivity index (χ4v) is 2.51. The van der Waals surface area contributed by atoms with Gasteiger partial charge in [0.15, 0.2) is 0 Å². The van der Waals surface area contributed by atoms with E-state index < -0.39 is 29.4 Å². The van der Waals surface area contributed by atoms with Gasteiger partial charge < -0.3 is 0 Å². The van der Waals surface area contributed by atoms with Gasteiger partial charge in [-0.3, -0.25) is 0 Å². The van der Waals surface area contributed by atoms with E-state index in [1.165, 1.54) is 3.93 Å². The van der Waals surface area contributed by atoms with Crippen LogP contribution in [0.4, 0.5) is 39.5 Å². The van der Waals surface area contributed by atoms with Crippen LogP contribution >= 0.6 is 0 Å². The fourth-order valence-electron chi connectivity index (χ4n) is 0.482. The van der Waals surface area contributed by atoms with Gasteiger partial charge in [-0.15, -0.1) is 0 Å². The topological polar surface area (TPSA) is 0 Å². The second kappa shape index (κ2) is 6.69. The van der Waals surface area contributed by atoms with Gasteiger partial charge in [-0.25, -0.2) is 0 Å². The first-order valence-electron chi connectivity index (χ1n) is 3.66. The normalized spacial score (nSPS) is 13.6. The Morgan fingerprint density at radius 2 is 0.875 bits per heavy atom. The van der Waals surface area contributed by atoms with Gasteiger partial charge in [0.2, 0.25) is 0 Å². The Bertz CT molecular complexity index is 158. The number of halogens is 9. The maximum absolute atomic E-state index is 11.3. The SMILES string of the molecule is C[CH2][Hg].F[C](F)(F)[Ge]([C](F)(F)F)[C](F)(F)F. The van der Waals surface area contributed by atoms with E-state index in [-0.39, 0.29) is 0 Å². The molecule has 0 nitrogen and oxygen atoms in total. The molecule has 0 bridgehead atoms. The van der Waals surface area contributed by atoms with Crippen LogP contribution in [0, 0.1) is 0 Å². The van der Waals surface area contributed by atoms with E-state index in [9.17, 15) is 39.5 Å². The number of rotatable bonds is 0. The molecule has 0 aromatic carbocycles. The van der Waals surface area contributed by atoms with E-state index in [0.717, 1.165) is 26.1 Å². The Morgan fingerprint density at radius 3 is 0.875 bits per heavy atom. The van der Waals surface area contributed by atoms with E-state index in [2.05, 4.69) is 6.92 Å². The molecule has 0 aromatic rings. The van der Waals surface area contributed by atoms with E-state index >= 15 is 0 Å². The van der Waals surface area contributed by atoms with Gasteiger partial charge in [0.1, 0.15) is 0 Å². The molecule has 0 aromatic heterocycles. The van der Waals surface area contributed by atoms with Crippen molar-refractivity contribution in [3.8, 4) is 0 Å². The van der Waals surface area contributed by atoms with Gasteiger partial charge >= 0.3 is 106 Å². The van der Waals surface area contributed by atoms with Crippen molar-refractivity contribution in [2.24, 2.45) is 0 Å². The number of alkyl halides is 9. The van der Waals surface area contributed by atoms with Gasteiger partial charge in [-0.2, -0.15) is 0 Å². The summed E-state index contributed by atoms with van der Waals surface area (Å²) in [6.45, 7) is 2.21. The second-order valence-corrected chi connectivity index (χ2v) is 11.4. The number of hydrogen-bond acceptors (Lipinski definition) is 0. The molecular weight excluding hydrogens is 504 g/mol. The van der Waals surface area contributed by atoms with Crippen molar-refractivity contribution in [3.05, 3.63) is 0 Å². The molecule has 0 N–H and O–H groups in total. The minimum absolute atomic E-state index is 1.07. The molecule has 11 heteroatoms. The first-order chi connectivity index (χ1) is 6.78. The molecule has 16 heavy (non-hydrogen) atoms. The fraction of sp³-hybridized carbons (Fsp3) is 1.00. The van der Waals surface area contributed by atoms with Gasteiger partial charge in [0.25, 0.3) is 0 Å². The molecule has 0 saturated carbocycles. The van der Waals surface area contributed by atoms with Gasteiger partial charge in [-0.05, 0) is 0 Å². The predicted octanol–water partition coefficient (Wildman–Crippen LogP) is 3.76. The van der Waals surface area contributed by atoms with Crippen molar-refractivity contribution in [1.29, 1.82) is 0 Å². The van der Waals surface area contributed by atoms with Crippen molar-refractivity contribution >= 4 is 14.3 Å². The molecular formula is C5H5F9GeHg. The summed E-state index contributed by atoms with van der Waals surface area (Å²) < 4.78 is 104. The molecule has 0 spiro atoms. The third kappa shape index (κ3) is 8.02. The van der Waals surface area contributed by atoms with E-state index in [1.807, 2.05) is 0 Å². The Balaban J connectivity index is 0. The van der Waals surface area contributed by atoms with Crippen LogP contribution in [0.25, 0.3) is 0 Å². The van der Waals surface area contributed by atoms with Crippen molar-refractivity contribution < 1.29 is 65.6 Å². The zero-order valence-electron chi connectivity index (χ0n) is 7.82. The molecule has 1 radical (unpaired) electrons. The molecule has 0 unspecified atom stereocenters. The van der Waals surface area contributed by atoms with Crippen molar-refractivity contribution in [1.82, 2.24) is 0 Å². The van der Waals surface area contributed by atoms with Crippen LogP contribution < -0.4 is 0 Å². The van der Waals surface area contributed by atoms with Crippen molar-refractivity contribution in [2.45, 2.75) is 25.9 Å². The molecule has 0 rings (SSSR count).